The second kappa shape index (κ2) is 5.49. The Hall–Kier alpha value is -2.60. The minimum atomic E-state index is -5.29. The number of nitrogens with one attached hydrogen (secondary N) is 1. The van der Waals surface area contributed by atoms with Gasteiger partial charge in [-0.3, -0.25) is 5.32 Å². The highest BCUT2D eigenvalue weighted by molar-refractivity contribution is 7.08. The van der Waals surface area contributed by atoms with E-state index in [4.69, 9.17) is 0 Å². The lowest BCUT2D eigenvalue weighted by Gasteiger charge is -2.35. The zero-order valence-corrected chi connectivity index (χ0v) is 12.3. The van der Waals surface area contributed by atoms with Crippen LogP contribution in [0.25, 0.3) is 0 Å². The lowest BCUT2D eigenvalue weighted by atomic mass is 9.89. The first-order valence-electron chi connectivity index (χ1n) is 6.35. The molecule has 1 aliphatic heterocycles. The van der Waals surface area contributed by atoms with E-state index in [1.54, 1.807) is 11.3 Å². The van der Waals surface area contributed by atoms with Crippen molar-refractivity contribution in [3.63, 3.8) is 0 Å². The molecule has 0 spiro atoms. The minimum absolute atomic E-state index is 0.219. The van der Waals surface area contributed by atoms with E-state index in [0.717, 1.165) is 6.07 Å². The normalized spacial score (nSPS) is 19.6. The van der Waals surface area contributed by atoms with Gasteiger partial charge in [0.15, 0.2) is 11.6 Å². The number of alkyl halides is 3. The van der Waals surface area contributed by atoms with Crippen LogP contribution in [-0.4, -0.2) is 12.3 Å². The molecule has 1 N–H and O–H groups in total. The topological polar surface area (TPSA) is 38.3 Å². The molecule has 0 fully saturated rings. The molecule has 3 rings (SSSR count). The van der Waals surface area contributed by atoms with E-state index in [-0.39, 0.29) is 5.56 Å². The van der Waals surface area contributed by atoms with E-state index in [1.807, 2.05) is 5.32 Å². The molecule has 1 aromatic carbocycles. The van der Waals surface area contributed by atoms with Crippen LogP contribution in [0, 0.1) is 23.5 Å². The average molecular weight is 359 g/mol. The molecule has 1 aromatic heterocycles. The molecule has 2 heterocycles. The van der Waals surface area contributed by atoms with Gasteiger partial charge in [0.2, 0.25) is 0 Å². The number of hydrogen-bond acceptors (Lipinski definition) is 3. The largest absolute Gasteiger partial charge is 0.445 e. The minimum Gasteiger partial charge on any atom is -0.415 e. The molecule has 0 saturated carbocycles. The van der Waals surface area contributed by atoms with E-state index in [2.05, 4.69) is 10.7 Å². The predicted octanol–water partition coefficient (Wildman–Crippen LogP) is 4.40. The van der Waals surface area contributed by atoms with E-state index in [9.17, 15) is 26.7 Å². The third kappa shape index (κ3) is 2.49. The van der Waals surface area contributed by atoms with Crippen LogP contribution in [0.3, 0.4) is 0 Å². The van der Waals surface area contributed by atoms with Crippen LogP contribution in [0.1, 0.15) is 11.1 Å². The van der Waals surface area contributed by atoms with Crippen molar-refractivity contribution < 1.29 is 31.5 Å². The third-order valence-electron chi connectivity index (χ3n) is 3.23. The fraction of sp³-hybridized carbons (Fsp3) is 0.133. The molecule has 24 heavy (non-hydrogen) atoms. The lowest BCUT2D eigenvalue weighted by molar-refractivity contribution is -0.240. The summed E-state index contributed by atoms with van der Waals surface area (Å²) in [5.74, 6) is 0.668. The Balaban J connectivity index is 2.31. The molecule has 1 amide bonds. The zero-order valence-electron chi connectivity index (χ0n) is 11.5. The van der Waals surface area contributed by atoms with Crippen molar-refractivity contribution in [1.82, 2.24) is 0 Å². The molecule has 0 aliphatic carbocycles. The first kappa shape index (κ1) is 16.3. The highest BCUT2D eigenvalue weighted by Crippen LogP contribution is 2.48. The second-order valence-corrected chi connectivity index (χ2v) is 5.52. The maximum atomic E-state index is 14.1. The van der Waals surface area contributed by atoms with Gasteiger partial charge < -0.3 is 4.74 Å². The summed E-state index contributed by atoms with van der Waals surface area (Å²) in [6.07, 6.45) is -6.76. The highest BCUT2D eigenvalue weighted by Gasteiger charge is 2.63. The van der Waals surface area contributed by atoms with Gasteiger partial charge in [0.05, 0.1) is 11.3 Å². The number of rotatable bonds is 0. The third-order valence-corrected chi connectivity index (χ3v) is 3.92. The van der Waals surface area contributed by atoms with Crippen LogP contribution >= 0.6 is 11.3 Å². The van der Waals surface area contributed by atoms with Crippen molar-refractivity contribution in [2.75, 3.05) is 5.32 Å². The van der Waals surface area contributed by atoms with Crippen LogP contribution in [0.5, 0.6) is 0 Å². The Labute approximate surface area is 136 Å². The Bertz CT molecular complexity index is 866. The molecule has 1 aliphatic rings. The van der Waals surface area contributed by atoms with Gasteiger partial charge in [0, 0.05) is 10.9 Å². The number of cyclic esters (lactones) is 1. The molecule has 1 unspecified atom stereocenters. The summed E-state index contributed by atoms with van der Waals surface area (Å²) in [7, 11) is 0. The Morgan fingerprint density at radius 1 is 1.21 bits per heavy atom. The maximum absolute atomic E-state index is 14.1. The molecule has 2 aromatic rings. The van der Waals surface area contributed by atoms with Gasteiger partial charge in [-0.25, -0.2) is 13.6 Å². The number of hydrogen-bond donors (Lipinski definition) is 1. The first-order valence-corrected chi connectivity index (χ1v) is 7.29. The first-order chi connectivity index (χ1) is 11.2. The highest BCUT2D eigenvalue weighted by atomic mass is 32.1. The van der Waals surface area contributed by atoms with Crippen molar-refractivity contribution in [2.24, 2.45) is 0 Å². The summed E-state index contributed by atoms with van der Waals surface area (Å²) in [5.41, 5.74) is -5.16. The van der Waals surface area contributed by atoms with Crippen LogP contribution < -0.4 is 5.32 Å². The van der Waals surface area contributed by atoms with Crippen LogP contribution in [0.4, 0.5) is 32.4 Å². The summed E-state index contributed by atoms with van der Waals surface area (Å²) < 4.78 is 73.1. The molecule has 0 radical (unpaired) electrons. The average Bonchev–Trinajstić information content (AvgIpc) is 3.00. The Kier molecular flexibility index (Phi) is 3.72. The van der Waals surface area contributed by atoms with E-state index < -0.39 is 40.8 Å². The second-order valence-electron chi connectivity index (χ2n) is 4.74. The summed E-state index contributed by atoms with van der Waals surface area (Å²) >= 11 is 1.19. The van der Waals surface area contributed by atoms with Gasteiger partial charge in [-0.2, -0.15) is 24.5 Å². The van der Waals surface area contributed by atoms with Crippen molar-refractivity contribution in [2.45, 2.75) is 11.8 Å². The Morgan fingerprint density at radius 2 is 1.96 bits per heavy atom. The van der Waals surface area contributed by atoms with E-state index >= 15 is 0 Å². The van der Waals surface area contributed by atoms with Gasteiger partial charge in [0.1, 0.15) is 0 Å². The van der Waals surface area contributed by atoms with Gasteiger partial charge in [-0.05, 0) is 29.5 Å². The molecule has 3 nitrogen and oxygen atoms in total. The quantitative estimate of drug-likeness (QED) is 0.559. The zero-order chi connectivity index (χ0) is 17.5. The SMILES string of the molecule is O=C1Nc2ccc(F)c(F)c2C(C#Cc2ccsc2)(C(F)(F)F)O1. The van der Waals surface area contributed by atoms with Gasteiger partial charge in [0.25, 0.3) is 5.60 Å². The molecule has 9 heteroatoms. The monoisotopic (exact) mass is 359 g/mol. The summed E-state index contributed by atoms with van der Waals surface area (Å²) in [4.78, 5) is 11.5. The summed E-state index contributed by atoms with van der Waals surface area (Å²) in [5, 5.41) is 4.95. The van der Waals surface area contributed by atoms with E-state index in [0.29, 0.717) is 6.07 Å². The van der Waals surface area contributed by atoms with Crippen molar-refractivity contribution in [3.05, 3.63) is 51.7 Å². The van der Waals surface area contributed by atoms with Gasteiger partial charge in [-0.1, -0.05) is 5.92 Å². The molecule has 0 saturated heterocycles. The molecule has 124 valence electrons. The molecular weight excluding hydrogens is 353 g/mol. The maximum Gasteiger partial charge on any atom is 0.445 e. The van der Waals surface area contributed by atoms with Crippen LogP contribution in [-0.2, 0) is 10.3 Å². The molecular formula is C15H6F5NO2S. The number of benzene rings is 1. The van der Waals surface area contributed by atoms with Gasteiger partial charge >= 0.3 is 12.3 Å². The fourth-order valence-electron chi connectivity index (χ4n) is 2.18. The number of ether oxygens (including phenoxy) is 1. The standard InChI is InChI=1S/C15H6F5NO2S/c16-9-1-2-10-11(12(9)17)14(15(18,19)20,23-13(22)21-10)5-3-8-4-6-24-7-8/h1-2,4,6-7H,(H,21,22). The summed E-state index contributed by atoms with van der Waals surface area (Å²) in [6.45, 7) is 0. The number of halogens is 5. The smallest absolute Gasteiger partial charge is 0.415 e. The number of thiophene rings is 1. The number of carbonyl (C=O) groups excluding carboxylic acids is 1. The summed E-state index contributed by atoms with van der Waals surface area (Å²) in [6, 6.07) is 2.86. The number of fused-ring (bicyclic) bond motifs is 1. The number of amides is 1. The van der Waals surface area contributed by atoms with Crippen LogP contribution in [0.2, 0.25) is 0 Å². The van der Waals surface area contributed by atoms with Crippen molar-refractivity contribution in [1.29, 1.82) is 0 Å². The van der Waals surface area contributed by atoms with Gasteiger partial charge in [-0.15, -0.1) is 0 Å². The van der Waals surface area contributed by atoms with Crippen LogP contribution in [0.15, 0.2) is 29.0 Å². The van der Waals surface area contributed by atoms with E-state index in [1.165, 1.54) is 22.8 Å². The number of carbonyl (C=O) groups is 1. The lowest BCUT2D eigenvalue weighted by Crippen LogP contribution is -2.50. The predicted molar refractivity (Wildman–Crippen MR) is 75.4 cm³/mol. The van der Waals surface area contributed by atoms with Crippen molar-refractivity contribution in [3.8, 4) is 11.8 Å². The van der Waals surface area contributed by atoms with Crippen molar-refractivity contribution >= 4 is 23.1 Å². The number of anilines is 1. The molecule has 0 bridgehead atoms. The molecule has 1 atom stereocenters. The Morgan fingerprint density at radius 3 is 2.58 bits per heavy atom. The fourth-order valence-corrected chi connectivity index (χ4v) is 2.77.